The molecule has 0 bridgehead atoms. The highest BCUT2D eigenvalue weighted by Gasteiger charge is 2.09. The van der Waals surface area contributed by atoms with Crippen molar-refractivity contribution in [2.45, 2.75) is 18.9 Å². The van der Waals surface area contributed by atoms with Gasteiger partial charge in [0.15, 0.2) is 5.78 Å². The van der Waals surface area contributed by atoms with Crippen molar-refractivity contribution in [3.8, 4) is 0 Å². The Morgan fingerprint density at radius 3 is 2.59 bits per heavy atom. The van der Waals surface area contributed by atoms with Gasteiger partial charge in [0.05, 0.1) is 23.0 Å². The number of nitrogens with zero attached hydrogens (tertiary/aromatic N) is 2. The zero-order chi connectivity index (χ0) is 15.5. The van der Waals surface area contributed by atoms with E-state index in [1.807, 2.05) is 56.3 Å². The lowest BCUT2D eigenvalue weighted by atomic mass is 10.0. The number of carbonyl (C=O) groups is 1. The number of benzene rings is 2. The van der Waals surface area contributed by atoms with Gasteiger partial charge in [0.2, 0.25) is 0 Å². The summed E-state index contributed by atoms with van der Waals surface area (Å²) in [5, 5.41) is 0.774. The molecule has 0 aliphatic heterocycles. The van der Waals surface area contributed by atoms with Gasteiger partial charge in [0.25, 0.3) is 0 Å². The second kappa shape index (κ2) is 6.28. The lowest BCUT2D eigenvalue weighted by molar-refractivity contribution is 0.102. The van der Waals surface area contributed by atoms with Crippen LogP contribution in [0.1, 0.15) is 21.5 Å². The number of hydrogen-bond donors (Lipinski definition) is 0. The summed E-state index contributed by atoms with van der Waals surface area (Å²) in [5.74, 6) is 0.484. The van der Waals surface area contributed by atoms with Crippen molar-refractivity contribution >= 4 is 28.6 Å². The molecule has 3 rings (SSSR count). The van der Waals surface area contributed by atoms with E-state index in [2.05, 4.69) is 9.97 Å². The lowest BCUT2D eigenvalue weighted by Crippen LogP contribution is -2.03. The van der Waals surface area contributed by atoms with E-state index in [1.165, 1.54) is 17.3 Å². The first-order chi connectivity index (χ1) is 10.6. The topological polar surface area (TPSA) is 42.9 Å². The van der Waals surface area contributed by atoms with Crippen molar-refractivity contribution in [3.05, 3.63) is 65.4 Å². The van der Waals surface area contributed by atoms with Crippen molar-refractivity contribution in [1.29, 1.82) is 0 Å². The highest BCUT2D eigenvalue weighted by atomic mass is 32.2. The van der Waals surface area contributed by atoms with Crippen LogP contribution >= 0.6 is 11.8 Å². The smallest absolute Gasteiger partial charge is 0.173 e. The number of para-hydroxylation sites is 2. The molecule has 0 amide bonds. The molecule has 0 fully saturated rings. The quantitative estimate of drug-likeness (QED) is 0.534. The lowest BCUT2D eigenvalue weighted by Gasteiger charge is -2.05. The predicted octanol–water partition coefficient (Wildman–Crippen LogP) is 4.22. The largest absolute Gasteiger partial charge is 0.293 e. The Morgan fingerprint density at radius 1 is 1.05 bits per heavy atom. The van der Waals surface area contributed by atoms with Gasteiger partial charge in [-0.1, -0.05) is 36.0 Å². The molecule has 22 heavy (non-hydrogen) atoms. The summed E-state index contributed by atoms with van der Waals surface area (Å²) in [6.45, 7) is 4.07. The summed E-state index contributed by atoms with van der Waals surface area (Å²) in [5.41, 5.74) is 4.81. The van der Waals surface area contributed by atoms with Crippen LogP contribution < -0.4 is 0 Å². The number of aryl methyl sites for hydroxylation is 2. The van der Waals surface area contributed by atoms with Crippen LogP contribution in [-0.4, -0.2) is 21.5 Å². The summed E-state index contributed by atoms with van der Waals surface area (Å²) >= 11 is 1.43. The van der Waals surface area contributed by atoms with E-state index in [4.69, 9.17) is 0 Å². The maximum Gasteiger partial charge on any atom is 0.173 e. The maximum atomic E-state index is 12.3. The molecular formula is C18H16N2OS. The molecule has 1 heterocycles. The fourth-order valence-electron chi connectivity index (χ4n) is 2.15. The summed E-state index contributed by atoms with van der Waals surface area (Å²) < 4.78 is 0. The van der Waals surface area contributed by atoms with E-state index in [0.717, 1.165) is 27.2 Å². The molecule has 1 aromatic heterocycles. The van der Waals surface area contributed by atoms with Gasteiger partial charge >= 0.3 is 0 Å². The minimum Gasteiger partial charge on any atom is -0.293 e. The number of rotatable bonds is 4. The van der Waals surface area contributed by atoms with Crippen LogP contribution in [0.15, 0.2) is 53.7 Å². The van der Waals surface area contributed by atoms with Gasteiger partial charge in [0, 0.05) is 5.56 Å². The Hall–Kier alpha value is -2.20. The molecule has 0 radical (unpaired) electrons. The number of aromatic nitrogens is 2. The van der Waals surface area contributed by atoms with Gasteiger partial charge in [-0.3, -0.25) is 9.78 Å². The molecule has 2 aromatic carbocycles. The van der Waals surface area contributed by atoms with Crippen molar-refractivity contribution in [2.24, 2.45) is 0 Å². The fraction of sp³-hybridized carbons (Fsp3) is 0.167. The van der Waals surface area contributed by atoms with Crippen LogP contribution in [0.25, 0.3) is 11.0 Å². The van der Waals surface area contributed by atoms with Crippen LogP contribution in [0.5, 0.6) is 0 Å². The highest BCUT2D eigenvalue weighted by Crippen LogP contribution is 2.20. The Labute approximate surface area is 133 Å². The van der Waals surface area contributed by atoms with Crippen molar-refractivity contribution in [1.82, 2.24) is 9.97 Å². The number of ketones is 1. The molecule has 0 aliphatic carbocycles. The predicted molar refractivity (Wildman–Crippen MR) is 90.5 cm³/mol. The van der Waals surface area contributed by atoms with Crippen molar-refractivity contribution in [3.63, 3.8) is 0 Å². The highest BCUT2D eigenvalue weighted by molar-refractivity contribution is 7.99. The van der Waals surface area contributed by atoms with Crippen LogP contribution in [0.4, 0.5) is 0 Å². The van der Waals surface area contributed by atoms with E-state index in [-0.39, 0.29) is 5.78 Å². The first kappa shape index (κ1) is 14.7. The summed E-state index contributed by atoms with van der Waals surface area (Å²) in [4.78, 5) is 21.2. The maximum absolute atomic E-state index is 12.3. The standard InChI is InChI=1S/C18H16N2OS/c1-12-7-8-14(9-13(12)2)17(21)11-22-18-10-19-15-5-3-4-6-16(15)20-18/h3-10H,11H2,1-2H3. The molecular weight excluding hydrogens is 292 g/mol. The molecule has 0 unspecified atom stereocenters. The normalized spacial score (nSPS) is 10.8. The minimum atomic E-state index is 0.114. The zero-order valence-corrected chi connectivity index (χ0v) is 13.4. The monoisotopic (exact) mass is 308 g/mol. The number of hydrogen-bond acceptors (Lipinski definition) is 4. The summed E-state index contributed by atoms with van der Waals surface area (Å²) in [6.07, 6.45) is 1.72. The van der Waals surface area contributed by atoms with Gasteiger partial charge in [-0.05, 0) is 43.2 Å². The van der Waals surface area contributed by atoms with Gasteiger partial charge in [0.1, 0.15) is 5.03 Å². The van der Waals surface area contributed by atoms with E-state index in [9.17, 15) is 4.79 Å². The molecule has 0 atom stereocenters. The first-order valence-electron chi connectivity index (χ1n) is 7.08. The van der Waals surface area contributed by atoms with E-state index < -0.39 is 0 Å². The number of carbonyl (C=O) groups excluding carboxylic acids is 1. The summed E-state index contributed by atoms with van der Waals surface area (Å²) in [7, 11) is 0. The third-order valence-corrected chi connectivity index (χ3v) is 4.51. The van der Waals surface area contributed by atoms with Gasteiger partial charge in [-0.25, -0.2) is 4.98 Å². The fourth-order valence-corrected chi connectivity index (χ4v) is 2.88. The second-order valence-electron chi connectivity index (χ2n) is 5.21. The Bertz CT molecular complexity index is 845. The number of Topliss-reactive ketones (excluding diaryl/α,β-unsaturated/α-hetero) is 1. The van der Waals surface area contributed by atoms with Crippen LogP contribution in [0, 0.1) is 13.8 Å². The number of fused-ring (bicyclic) bond motifs is 1. The molecule has 4 heteroatoms. The molecule has 110 valence electrons. The van der Waals surface area contributed by atoms with Gasteiger partial charge in [-0.2, -0.15) is 0 Å². The molecule has 0 N–H and O–H groups in total. The van der Waals surface area contributed by atoms with E-state index in [0.29, 0.717) is 5.75 Å². The molecule has 0 saturated heterocycles. The average Bonchev–Trinajstić information content (AvgIpc) is 2.55. The molecule has 3 nitrogen and oxygen atoms in total. The second-order valence-corrected chi connectivity index (χ2v) is 6.20. The summed E-state index contributed by atoms with van der Waals surface area (Å²) in [6, 6.07) is 13.6. The molecule has 3 aromatic rings. The zero-order valence-electron chi connectivity index (χ0n) is 12.5. The SMILES string of the molecule is Cc1ccc(C(=O)CSc2cnc3ccccc3n2)cc1C. The van der Waals surface area contributed by atoms with Gasteiger partial charge < -0.3 is 0 Å². The van der Waals surface area contributed by atoms with Crippen LogP contribution in [0.3, 0.4) is 0 Å². The third kappa shape index (κ3) is 3.17. The van der Waals surface area contributed by atoms with Crippen LogP contribution in [-0.2, 0) is 0 Å². The Kier molecular flexibility index (Phi) is 4.20. The van der Waals surface area contributed by atoms with E-state index >= 15 is 0 Å². The average molecular weight is 308 g/mol. The molecule has 0 spiro atoms. The first-order valence-corrected chi connectivity index (χ1v) is 8.07. The third-order valence-electron chi connectivity index (χ3n) is 3.61. The van der Waals surface area contributed by atoms with Crippen molar-refractivity contribution < 1.29 is 4.79 Å². The Morgan fingerprint density at radius 2 is 1.82 bits per heavy atom. The molecule has 0 aliphatic rings. The number of thioether (sulfide) groups is 1. The van der Waals surface area contributed by atoms with Crippen molar-refractivity contribution in [2.75, 3.05) is 5.75 Å². The molecule has 0 saturated carbocycles. The van der Waals surface area contributed by atoms with Gasteiger partial charge in [-0.15, -0.1) is 0 Å². The Balaban J connectivity index is 1.72. The van der Waals surface area contributed by atoms with Crippen LogP contribution in [0.2, 0.25) is 0 Å². The minimum absolute atomic E-state index is 0.114. The van der Waals surface area contributed by atoms with E-state index in [1.54, 1.807) is 6.20 Å².